The molecule has 5 heteroatoms. The summed E-state index contributed by atoms with van der Waals surface area (Å²) in [6.45, 7) is 3.78. The Hall–Kier alpha value is -1.33. The van der Waals surface area contributed by atoms with Crippen molar-refractivity contribution < 1.29 is 14.6 Å². The average Bonchev–Trinajstić information content (AvgIpc) is 2.34. The van der Waals surface area contributed by atoms with Crippen LogP contribution in [0.3, 0.4) is 0 Å². The van der Waals surface area contributed by atoms with E-state index in [4.69, 9.17) is 22.1 Å². The third-order valence-electron chi connectivity index (χ3n) is 1.86. The van der Waals surface area contributed by atoms with E-state index in [-0.39, 0.29) is 11.0 Å². The highest BCUT2D eigenvalue weighted by molar-refractivity contribution is 8.23. The number of rotatable bonds is 5. The van der Waals surface area contributed by atoms with Gasteiger partial charge in [-0.15, -0.1) is 0 Å². The van der Waals surface area contributed by atoms with Crippen molar-refractivity contribution in [2.45, 2.75) is 5.25 Å². The summed E-state index contributed by atoms with van der Waals surface area (Å²) in [4.78, 5) is 11.2. The molecule has 0 radical (unpaired) electrons. The molecule has 0 aliphatic rings. The number of carboxylic acids is 1. The van der Waals surface area contributed by atoms with Crippen molar-refractivity contribution in [2.24, 2.45) is 0 Å². The Morgan fingerprint density at radius 3 is 2.71 bits per heavy atom. The Morgan fingerprint density at radius 1 is 1.53 bits per heavy atom. The van der Waals surface area contributed by atoms with Gasteiger partial charge in [0.2, 0.25) is 4.38 Å². The van der Waals surface area contributed by atoms with Gasteiger partial charge in [0.25, 0.3) is 0 Å². The van der Waals surface area contributed by atoms with E-state index < -0.39 is 11.2 Å². The third kappa shape index (κ3) is 4.58. The molecule has 1 aromatic carbocycles. The van der Waals surface area contributed by atoms with Crippen LogP contribution in [0.2, 0.25) is 0 Å². The van der Waals surface area contributed by atoms with Crippen LogP contribution >= 0.6 is 24.0 Å². The van der Waals surface area contributed by atoms with Crippen molar-refractivity contribution in [2.75, 3.05) is 6.61 Å². The van der Waals surface area contributed by atoms with Gasteiger partial charge in [0.05, 0.1) is 0 Å². The van der Waals surface area contributed by atoms with E-state index in [1.165, 1.54) is 0 Å². The number of carboxylic acid groups (broad SMARTS) is 1. The zero-order valence-corrected chi connectivity index (χ0v) is 10.7. The predicted octanol–water partition coefficient (Wildman–Crippen LogP) is 3.03. The molecule has 0 saturated carbocycles. The minimum Gasteiger partial charge on any atom is -0.480 e. The van der Waals surface area contributed by atoms with Gasteiger partial charge in [0, 0.05) is 0 Å². The largest absolute Gasteiger partial charge is 0.480 e. The molecular weight excluding hydrogens is 256 g/mol. The number of benzene rings is 1. The fraction of sp³-hybridized carbons (Fsp3) is 0.167. The van der Waals surface area contributed by atoms with E-state index in [1.54, 1.807) is 30.3 Å². The van der Waals surface area contributed by atoms with E-state index in [2.05, 4.69) is 6.58 Å². The molecule has 0 aliphatic carbocycles. The third-order valence-corrected chi connectivity index (χ3v) is 3.29. The Bertz CT molecular complexity index is 403. The van der Waals surface area contributed by atoms with Crippen LogP contribution in [0.1, 0.15) is 10.8 Å². The SMILES string of the molecule is C=CCOC(=S)SC(C(=O)O)c1ccccc1. The maximum atomic E-state index is 11.2. The molecular formula is C12H12O3S2. The summed E-state index contributed by atoms with van der Waals surface area (Å²) < 4.78 is 5.32. The van der Waals surface area contributed by atoms with Crippen LogP contribution in [0, 0.1) is 0 Å². The fourth-order valence-electron chi connectivity index (χ4n) is 1.15. The highest BCUT2D eigenvalue weighted by atomic mass is 32.2. The maximum absolute atomic E-state index is 11.2. The number of hydrogen-bond donors (Lipinski definition) is 1. The van der Waals surface area contributed by atoms with Gasteiger partial charge in [-0.3, -0.25) is 4.79 Å². The van der Waals surface area contributed by atoms with Gasteiger partial charge in [0.1, 0.15) is 11.9 Å². The van der Waals surface area contributed by atoms with Crippen molar-refractivity contribution in [1.29, 1.82) is 0 Å². The molecule has 0 bridgehead atoms. The summed E-state index contributed by atoms with van der Waals surface area (Å²) in [6, 6.07) is 8.92. The van der Waals surface area contributed by atoms with Gasteiger partial charge in [-0.25, -0.2) is 0 Å². The summed E-state index contributed by atoms with van der Waals surface area (Å²) in [5.41, 5.74) is 0.689. The molecule has 1 unspecified atom stereocenters. The molecule has 0 amide bonds. The lowest BCUT2D eigenvalue weighted by atomic mass is 10.1. The van der Waals surface area contributed by atoms with Crippen LogP contribution in [0.25, 0.3) is 0 Å². The molecule has 1 N–H and O–H groups in total. The van der Waals surface area contributed by atoms with Crippen molar-refractivity contribution in [3.63, 3.8) is 0 Å². The fourth-order valence-corrected chi connectivity index (χ4v) is 2.23. The molecule has 90 valence electrons. The molecule has 17 heavy (non-hydrogen) atoms. The monoisotopic (exact) mass is 268 g/mol. The van der Waals surface area contributed by atoms with Crippen LogP contribution in [-0.4, -0.2) is 22.1 Å². The summed E-state index contributed by atoms with van der Waals surface area (Å²) in [7, 11) is 0. The Morgan fingerprint density at radius 2 is 2.18 bits per heavy atom. The summed E-state index contributed by atoms with van der Waals surface area (Å²) in [6.07, 6.45) is 1.56. The molecule has 0 heterocycles. The second-order valence-corrected chi connectivity index (χ2v) is 4.80. The number of hydrogen-bond acceptors (Lipinski definition) is 4. The highest BCUT2D eigenvalue weighted by Gasteiger charge is 2.22. The van der Waals surface area contributed by atoms with Crippen molar-refractivity contribution in [3.05, 3.63) is 48.6 Å². The van der Waals surface area contributed by atoms with Gasteiger partial charge in [-0.2, -0.15) is 0 Å². The summed E-state index contributed by atoms with van der Waals surface area (Å²) in [5.74, 6) is -0.939. The first-order chi connectivity index (χ1) is 8.15. The van der Waals surface area contributed by atoms with Crippen LogP contribution in [0.15, 0.2) is 43.0 Å². The van der Waals surface area contributed by atoms with E-state index >= 15 is 0 Å². The molecule has 1 rings (SSSR count). The van der Waals surface area contributed by atoms with E-state index in [1.807, 2.05) is 6.07 Å². The first-order valence-electron chi connectivity index (χ1n) is 4.87. The lowest BCUT2D eigenvalue weighted by Gasteiger charge is -2.12. The minimum atomic E-state index is -0.939. The predicted molar refractivity (Wildman–Crippen MR) is 73.2 cm³/mol. The zero-order chi connectivity index (χ0) is 12.7. The first-order valence-corrected chi connectivity index (χ1v) is 6.16. The number of aliphatic carboxylic acids is 1. The molecule has 0 aromatic heterocycles. The van der Waals surface area contributed by atoms with E-state index in [0.717, 1.165) is 11.8 Å². The molecule has 1 atom stereocenters. The number of ether oxygens (including phenoxy) is 1. The Kier molecular flexibility index (Phi) is 5.72. The molecule has 0 fully saturated rings. The first kappa shape index (κ1) is 13.7. The highest BCUT2D eigenvalue weighted by Crippen LogP contribution is 2.30. The van der Waals surface area contributed by atoms with Gasteiger partial charge in [-0.05, 0) is 17.8 Å². The Labute approximate surface area is 109 Å². The molecule has 3 nitrogen and oxygen atoms in total. The Balaban J connectivity index is 2.71. The van der Waals surface area contributed by atoms with Crippen LogP contribution in [0.5, 0.6) is 0 Å². The summed E-state index contributed by atoms with van der Waals surface area (Å²) >= 11 is 5.95. The topological polar surface area (TPSA) is 46.5 Å². The van der Waals surface area contributed by atoms with E-state index in [0.29, 0.717) is 5.56 Å². The van der Waals surface area contributed by atoms with Crippen molar-refractivity contribution in [1.82, 2.24) is 0 Å². The summed E-state index contributed by atoms with van der Waals surface area (Å²) in [5, 5.41) is 8.40. The lowest BCUT2D eigenvalue weighted by Crippen LogP contribution is -2.11. The molecule has 0 aliphatic heterocycles. The van der Waals surface area contributed by atoms with Crippen LogP contribution in [-0.2, 0) is 9.53 Å². The van der Waals surface area contributed by atoms with Crippen LogP contribution in [0.4, 0.5) is 0 Å². The normalized spacial score (nSPS) is 11.5. The minimum absolute atomic E-state index is 0.209. The quantitative estimate of drug-likeness (QED) is 0.657. The number of thioether (sulfide) groups is 1. The van der Waals surface area contributed by atoms with Gasteiger partial charge < -0.3 is 9.84 Å². The number of thiocarbonyl (C=S) groups is 1. The second-order valence-electron chi connectivity index (χ2n) is 3.10. The number of carbonyl (C=O) groups is 1. The van der Waals surface area contributed by atoms with E-state index in [9.17, 15) is 4.79 Å². The maximum Gasteiger partial charge on any atom is 0.321 e. The van der Waals surface area contributed by atoms with Gasteiger partial charge in [-0.1, -0.05) is 54.7 Å². The van der Waals surface area contributed by atoms with Crippen molar-refractivity contribution in [3.8, 4) is 0 Å². The standard InChI is InChI=1S/C12H12O3S2/c1-2-8-15-12(16)17-10(11(13)14)9-6-4-3-5-7-9/h2-7,10H,1,8H2,(H,13,14). The lowest BCUT2D eigenvalue weighted by molar-refractivity contribution is -0.136. The molecule has 0 saturated heterocycles. The van der Waals surface area contributed by atoms with Crippen molar-refractivity contribution >= 4 is 34.3 Å². The second kappa shape index (κ2) is 7.09. The van der Waals surface area contributed by atoms with Gasteiger partial charge in [0.15, 0.2) is 0 Å². The molecule has 0 spiro atoms. The van der Waals surface area contributed by atoms with Crippen LogP contribution < -0.4 is 0 Å². The smallest absolute Gasteiger partial charge is 0.321 e. The average molecular weight is 268 g/mol. The van der Waals surface area contributed by atoms with Gasteiger partial charge >= 0.3 is 5.97 Å². The molecule has 1 aromatic rings. The zero-order valence-electron chi connectivity index (χ0n) is 9.04.